The highest BCUT2D eigenvalue weighted by Gasteiger charge is 2.20. The summed E-state index contributed by atoms with van der Waals surface area (Å²) in [6.07, 6.45) is 2.99. The van der Waals surface area contributed by atoms with Crippen LogP contribution in [0.2, 0.25) is 0 Å². The third-order valence-electron chi connectivity index (χ3n) is 5.54. The number of carbonyl (C=O) groups is 1. The number of hydrogen-bond donors (Lipinski definition) is 1. The summed E-state index contributed by atoms with van der Waals surface area (Å²) in [5.74, 6) is 2.39. The Bertz CT molecular complexity index is 1320. The van der Waals surface area contributed by atoms with Gasteiger partial charge in [0.1, 0.15) is 11.9 Å². The lowest BCUT2D eigenvalue weighted by molar-refractivity contribution is 0.0955. The minimum atomic E-state index is -3.52. The first-order chi connectivity index (χ1) is 16.8. The van der Waals surface area contributed by atoms with Crippen LogP contribution in [-0.2, 0) is 16.6 Å². The van der Waals surface area contributed by atoms with Crippen LogP contribution in [-0.4, -0.2) is 44.4 Å². The zero-order valence-corrected chi connectivity index (χ0v) is 21.2. The molecule has 0 spiro atoms. The van der Waals surface area contributed by atoms with Gasteiger partial charge in [-0.05, 0) is 60.0 Å². The van der Waals surface area contributed by atoms with Gasteiger partial charge in [-0.2, -0.15) is 16.9 Å². The smallest absolute Gasteiger partial charge is 0.271 e. The molecule has 7 nitrogen and oxygen atoms in total. The maximum Gasteiger partial charge on any atom is 0.271 e. The van der Waals surface area contributed by atoms with Gasteiger partial charge in [-0.3, -0.25) is 9.10 Å². The second kappa shape index (κ2) is 11.0. The van der Waals surface area contributed by atoms with Crippen molar-refractivity contribution in [3.05, 3.63) is 95.1 Å². The molecule has 1 aliphatic heterocycles. The van der Waals surface area contributed by atoms with Crippen LogP contribution < -0.4 is 14.5 Å². The molecule has 0 radical (unpaired) electrons. The predicted molar refractivity (Wildman–Crippen MR) is 142 cm³/mol. The molecule has 9 heteroatoms. The third-order valence-corrected chi connectivity index (χ3v) is 7.90. The summed E-state index contributed by atoms with van der Waals surface area (Å²) < 4.78 is 32.1. The lowest BCUT2D eigenvalue weighted by Crippen LogP contribution is -2.31. The third kappa shape index (κ3) is 6.64. The Morgan fingerprint density at radius 1 is 1.11 bits per heavy atom. The Labute approximate surface area is 210 Å². The number of nitrogens with one attached hydrogen (secondary N) is 1. The van der Waals surface area contributed by atoms with E-state index in [2.05, 4.69) is 10.5 Å². The molecule has 182 valence electrons. The highest BCUT2D eigenvalue weighted by Crippen LogP contribution is 2.24. The van der Waals surface area contributed by atoms with Crippen molar-refractivity contribution < 1.29 is 17.9 Å². The highest BCUT2D eigenvalue weighted by atomic mass is 32.2. The fourth-order valence-corrected chi connectivity index (χ4v) is 4.94. The van der Waals surface area contributed by atoms with E-state index < -0.39 is 15.9 Å². The van der Waals surface area contributed by atoms with Gasteiger partial charge in [-0.25, -0.2) is 13.8 Å². The second-order valence-electron chi connectivity index (χ2n) is 8.29. The molecule has 1 heterocycles. The summed E-state index contributed by atoms with van der Waals surface area (Å²) in [7, 11) is -3.52. The maximum atomic E-state index is 12.5. The van der Waals surface area contributed by atoms with Gasteiger partial charge in [0, 0.05) is 17.1 Å². The van der Waals surface area contributed by atoms with Gasteiger partial charge in [-0.1, -0.05) is 36.4 Å². The van der Waals surface area contributed by atoms with Gasteiger partial charge in [-0.15, -0.1) is 0 Å². The normalized spacial score (nSPS) is 13.9. The quantitative estimate of drug-likeness (QED) is 0.345. The molecular weight excluding hydrogens is 482 g/mol. The molecule has 1 aliphatic rings. The van der Waals surface area contributed by atoms with Crippen molar-refractivity contribution >= 4 is 39.6 Å². The molecule has 4 rings (SSSR count). The first-order valence-electron chi connectivity index (χ1n) is 11.1. The van der Waals surface area contributed by atoms with E-state index in [1.54, 1.807) is 30.5 Å². The Morgan fingerprint density at radius 2 is 1.86 bits per heavy atom. The topological polar surface area (TPSA) is 88.1 Å². The number of ether oxygens (including phenoxy) is 1. The zero-order valence-electron chi connectivity index (χ0n) is 19.5. The van der Waals surface area contributed by atoms with Crippen LogP contribution in [0.5, 0.6) is 5.75 Å². The predicted octanol–water partition coefficient (Wildman–Crippen LogP) is 4.22. The maximum absolute atomic E-state index is 12.5. The Hall–Kier alpha value is -3.30. The summed E-state index contributed by atoms with van der Waals surface area (Å²) in [5.41, 5.74) is 6.10. The Kier molecular flexibility index (Phi) is 7.77. The molecule has 3 aromatic carbocycles. The number of nitrogens with zero attached hydrogens (tertiary/aromatic N) is 2. The van der Waals surface area contributed by atoms with Gasteiger partial charge in [0.25, 0.3) is 5.91 Å². The SMILES string of the molecule is Cc1ccccc1CN(c1ccc(C(=O)N/N=C\c2cccc(OC3CSC3)c2)cc1)S(C)(=O)=O. The van der Waals surface area contributed by atoms with Crippen LogP contribution >= 0.6 is 11.8 Å². The van der Waals surface area contributed by atoms with Crippen molar-refractivity contribution in [3.8, 4) is 5.75 Å². The molecule has 1 N–H and O–H groups in total. The van der Waals surface area contributed by atoms with Crippen LogP contribution in [0.25, 0.3) is 0 Å². The minimum Gasteiger partial charge on any atom is -0.489 e. The van der Waals surface area contributed by atoms with E-state index in [1.807, 2.05) is 67.2 Å². The molecule has 1 amide bonds. The van der Waals surface area contributed by atoms with E-state index in [4.69, 9.17) is 4.74 Å². The average Bonchev–Trinajstić information content (AvgIpc) is 2.80. The standard InChI is InChI=1S/C26H27N3O4S2/c1-19-6-3-4-8-22(19)16-29(35(2,31)32)23-12-10-21(11-13-23)26(30)28-27-15-20-7-5-9-24(14-20)33-25-17-34-18-25/h3-15,25H,16-18H2,1-2H3,(H,28,30)/b27-15-. The van der Waals surface area contributed by atoms with Crippen LogP contribution in [0, 0.1) is 6.92 Å². The van der Waals surface area contributed by atoms with Crippen molar-refractivity contribution in [2.75, 3.05) is 22.1 Å². The molecule has 0 bridgehead atoms. The fraction of sp³-hybridized carbons (Fsp3) is 0.231. The van der Waals surface area contributed by atoms with Crippen molar-refractivity contribution in [1.29, 1.82) is 0 Å². The van der Waals surface area contributed by atoms with E-state index in [1.165, 1.54) is 10.6 Å². The molecular formula is C26H27N3O4S2. The lowest BCUT2D eigenvalue weighted by atomic mass is 10.1. The van der Waals surface area contributed by atoms with Gasteiger partial charge in [0.15, 0.2) is 0 Å². The van der Waals surface area contributed by atoms with Gasteiger partial charge < -0.3 is 4.74 Å². The van der Waals surface area contributed by atoms with Crippen LogP contribution in [0.1, 0.15) is 27.0 Å². The monoisotopic (exact) mass is 509 g/mol. The molecule has 0 saturated carbocycles. The van der Waals surface area contributed by atoms with Crippen molar-refractivity contribution in [2.24, 2.45) is 5.10 Å². The number of sulfonamides is 1. The minimum absolute atomic E-state index is 0.212. The Balaban J connectivity index is 1.40. The summed E-state index contributed by atoms with van der Waals surface area (Å²) in [4.78, 5) is 12.5. The molecule has 1 fully saturated rings. The molecule has 0 aromatic heterocycles. The zero-order chi connectivity index (χ0) is 24.8. The molecule has 0 aliphatic carbocycles. The number of aryl methyl sites for hydroxylation is 1. The van der Waals surface area contributed by atoms with Gasteiger partial charge in [0.05, 0.1) is 24.7 Å². The number of rotatable bonds is 9. The van der Waals surface area contributed by atoms with Crippen LogP contribution in [0.3, 0.4) is 0 Å². The second-order valence-corrected chi connectivity index (χ2v) is 11.3. The van der Waals surface area contributed by atoms with E-state index in [-0.39, 0.29) is 12.6 Å². The Morgan fingerprint density at radius 3 is 2.51 bits per heavy atom. The summed E-state index contributed by atoms with van der Waals surface area (Å²) in [5, 5.41) is 4.04. The number of benzene rings is 3. The van der Waals surface area contributed by atoms with E-state index in [0.29, 0.717) is 11.3 Å². The number of hydrazone groups is 1. The molecule has 35 heavy (non-hydrogen) atoms. The fourth-order valence-electron chi connectivity index (χ4n) is 3.49. The average molecular weight is 510 g/mol. The van der Waals surface area contributed by atoms with Gasteiger partial charge in [0.2, 0.25) is 10.0 Å². The first-order valence-corrected chi connectivity index (χ1v) is 14.1. The van der Waals surface area contributed by atoms with Crippen molar-refractivity contribution in [2.45, 2.75) is 19.6 Å². The molecule has 3 aromatic rings. The van der Waals surface area contributed by atoms with Gasteiger partial charge >= 0.3 is 0 Å². The van der Waals surface area contributed by atoms with E-state index in [9.17, 15) is 13.2 Å². The van der Waals surface area contributed by atoms with Crippen LogP contribution in [0.15, 0.2) is 77.9 Å². The van der Waals surface area contributed by atoms with Crippen molar-refractivity contribution in [3.63, 3.8) is 0 Å². The summed E-state index contributed by atoms with van der Waals surface area (Å²) >= 11 is 1.86. The summed E-state index contributed by atoms with van der Waals surface area (Å²) in [6, 6.07) is 21.6. The number of hydrogen-bond acceptors (Lipinski definition) is 6. The van der Waals surface area contributed by atoms with E-state index >= 15 is 0 Å². The summed E-state index contributed by atoms with van der Waals surface area (Å²) in [6.45, 7) is 2.16. The largest absolute Gasteiger partial charge is 0.489 e. The first kappa shape index (κ1) is 24.8. The number of anilines is 1. The number of amides is 1. The number of carbonyl (C=O) groups excluding carboxylic acids is 1. The van der Waals surface area contributed by atoms with Crippen molar-refractivity contribution in [1.82, 2.24) is 5.43 Å². The number of thioether (sulfide) groups is 1. The molecule has 0 atom stereocenters. The lowest BCUT2D eigenvalue weighted by Gasteiger charge is -2.25. The van der Waals surface area contributed by atoms with Crippen LogP contribution in [0.4, 0.5) is 5.69 Å². The molecule has 1 saturated heterocycles. The highest BCUT2D eigenvalue weighted by molar-refractivity contribution is 8.00. The molecule has 0 unspecified atom stereocenters. The van der Waals surface area contributed by atoms with E-state index in [0.717, 1.165) is 33.9 Å².